The molecule has 1 aliphatic heterocycles. The molecule has 21 heavy (non-hydrogen) atoms. The Balaban J connectivity index is 2.12. The van der Waals surface area contributed by atoms with E-state index < -0.39 is 12.1 Å². The number of halogens is 4. The second kappa shape index (κ2) is 5.58. The van der Waals surface area contributed by atoms with Crippen LogP contribution in [0.15, 0.2) is 30.3 Å². The lowest BCUT2D eigenvalue weighted by molar-refractivity contribution is -0.145. The minimum atomic E-state index is -0.940. The van der Waals surface area contributed by atoms with Gasteiger partial charge in [-0.05, 0) is 0 Å². The van der Waals surface area contributed by atoms with E-state index in [1.807, 2.05) is 6.07 Å². The molecule has 0 aromatic heterocycles. The number of rotatable bonds is 1. The number of benzene rings is 2. The molecule has 0 bridgehead atoms. The lowest BCUT2D eigenvalue weighted by atomic mass is 10.1. The van der Waals surface area contributed by atoms with E-state index in [0.29, 0.717) is 5.56 Å². The SMILES string of the molecule is O=C1Oc2c(Cl)c(Cl)c(Cl)c(Cl)c2OC1c1ccccc1. The summed E-state index contributed by atoms with van der Waals surface area (Å²) in [5.74, 6) is -0.525. The predicted octanol–water partition coefficient (Wildman–Crippen LogP) is 5.34. The van der Waals surface area contributed by atoms with Crippen molar-refractivity contribution in [1.82, 2.24) is 0 Å². The van der Waals surface area contributed by atoms with Gasteiger partial charge in [0.15, 0.2) is 11.5 Å². The summed E-state index contributed by atoms with van der Waals surface area (Å²) in [6.45, 7) is 0. The molecule has 2 aromatic carbocycles. The van der Waals surface area contributed by atoms with Crippen LogP contribution in [0.2, 0.25) is 20.1 Å². The van der Waals surface area contributed by atoms with Gasteiger partial charge >= 0.3 is 5.97 Å². The summed E-state index contributed by atoms with van der Waals surface area (Å²) in [4.78, 5) is 12.1. The highest BCUT2D eigenvalue weighted by atomic mass is 35.5. The van der Waals surface area contributed by atoms with Crippen molar-refractivity contribution in [3.8, 4) is 11.5 Å². The van der Waals surface area contributed by atoms with E-state index in [4.69, 9.17) is 55.9 Å². The number of hydrogen-bond donors (Lipinski definition) is 0. The molecular formula is C14H6Cl4O3. The van der Waals surface area contributed by atoms with Crippen molar-refractivity contribution in [2.45, 2.75) is 6.10 Å². The minimum Gasteiger partial charge on any atom is -0.468 e. The molecule has 108 valence electrons. The fraction of sp³-hybridized carbons (Fsp3) is 0.0714. The smallest absolute Gasteiger partial charge is 0.357 e. The summed E-state index contributed by atoms with van der Waals surface area (Å²) in [6, 6.07) is 8.87. The Hall–Kier alpha value is -1.13. The third-order valence-electron chi connectivity index (χ3n) is 2.94. The molecule has 0 N–H and O–H groups in total. The molecule has 0 saturated carbocycles. The molecule has 3 rings (SSSR count). The summed E-state index contributed by atoms with van der Waals surface area (Å²) in [6.07, 6.45) is -0.940. The van der Waals surface area contributed by atoms with Crippen LogP contribution in [0.3, 0.4) is 0 Å². The molecule has 0 saturated heterocycles. The van der Waals surface area contributed by atoms with Crippen LogP contribution in [0.1, 0.15) is 11.7 Å². The Morgan fingerprint density at radius 3 is 2.00 bits per heavy atom. The largest absolute Gasteiger partial charge is 0.468 e. The summed E-state index contributed by atoms with van der Waals surface area (Å²) in [5.41, 5.74) is 0.631. The average molecular weight is 364 g/mol. The highest BCUT2D eigenvalue weighted by molar-refractivity contribution is 6.53. The predicted molar refractivity (Wildman–Crippen MR) is 81.9 cm³/mol. The molecule has 1 heterocycles. The van der Waals surface area contributed by atoms with E-state index in [0.717, 1.165) is 0 Å². The average Bonchev–Trinajstić information content (AvgIpc) is 2.51. The highest BCUT2D eigenvalue weighted by Crippen LogP contribution is 2.53. The number of ether oxygens (including phenoxy) is 2. The summed E-state index contributed by atoms with van der Waals surface area (Å²) in [7, 11) is 0. The van der Waals surface area contributed by atoms with Crippen LogP contribution in [0.4, 0.5) is 0 Å². The zero-order valence-corrected chi connectivity index (χ0v) is 13.2. The first-order valence-electron chi connectivity index (χ1n) is 5.80. The Labute approximate surface area is 140 Å². The summed E-state index contributed by atoms with van der Waals surface area (Å²) < 4.78 is 10.9. The summed E-state index contributed by atoms with van der Waals surface area (Å²) >= 11 is 24.0. The van der Waals surface area contributed by atoms with Gasteiger partial charge in [-0.2, -0.15) is 0 Å². The van der Waals surface area contributed by atoms with Crippen molar-refractivity contribution in [3.05, 3.63) is 56.0 Å². The topological polar surface area (TPSA) is 35.5 Å². The molecule has 3 nitrogen and oxygen atoms in total. The van der Waals surface area contributed by atoms with Crippen LogP contribution in [0, 0.1) is 0 Å². The van der Waals surface area contributed by atoms with Gasteiger partial charge in [-0.3, -0.25) is 0 Å². The van der Waals surface area contributed by atoms with Crippen LogP contribution in [0.25, 0.3) is 0 Å². The normalized spacial score (nSPS) is 17.0. The van der Waals surface area contributed by atoms with Crippen LogP contribution in [-0.4, -0.2) is 5.97 Å². The van der Waals surface area contributed by atoms with Crippen LogP contribution < -0.4 is 9.47 Å². The van der Waals surface area contributed by atoms with Gasteiger partial charge in [0, 0.05) is 5.56 Å². The number of carbonyl (C=O) groups excluding carboxylic acids is 1. The Bertz CT molecular complexity index is 731. The second-order valence-corrected chi connectivity index (χ2v) is 5.76. The maximum atomic E-state index is 12.1. The Kier molecular flexibility index (Phi) is 3.93. The summed E-state index contributed by atoms with van der Waals surface area (Å²) in [5, 5.41) is 0.0962. The van der Waals surface area contributed by atoms with Crippen LogP contribution >= 0.6 is 46.4 Å². The molecule has 0 radical (unpaired) electrons. The van der Waals surface area contributed by atoms with E-state index >= 15 is 0 Å². The number of esters is 1. The third kappa shape index (κ3) is 2.44. The fourth-order valence-corrected chi connectivity index (χ4v) is 2.84. The van der Waals surface area contributed by atoms with Crippen molar-refractivity contribution in [2.24, 2.45) is 0 Å². The van der Waals surface area contributed by atoms with Gasteiger partial charge in [0.2, 0.25) is 6.10 Å². The van der Waals surface area contributed by atoms with Crippen molar-refractivity contribution < 1.29 is 14.3 Å². The van der Waals surface area contributed by atoms with Crippen molar-refractivity contribution in [2.75, 3.05) is 0 Å². The first-order chi connectivity index (χ1) is 10.0. The quantitative estimate of drug-likeness (QED) is 0.297. The number of fused-ring (bicyclic) bond motifs is 1. The van der Waals surface area contributed by atoms with Crippen molar-refractivity contribution in [3.63, 3.8) is 0 Å². The van der Waals surface area contributed by atoms with E-state index in [-0.39, 0.29) is 31.6 Å². The van der Waals surface area contributed by atoms with Gasteiger partial charge in [-0.1, -0.05) is 76.7 Å². The van der Waals surface area contributed by atoms with Crippen molar-refractivity contribution in [1.29, 1.82) is 0 Å². The van der Waals surface area contributed by atoms with Crippen molar-refractivity contribution >= 4 is 52.4 Å². The molecule has 2 aromatic rings. The first kappa shape index (κ1) is 14.8. The molecule has 1 unspecified atom stereocenters. The maximum absolute atomic E-state index is 12.1. The minimum absolute atomic E-state index is 0.0108. The lowest BCUT2D eigenvalue weighted by Gasteiger charge is -2.27. The fourth-order valence-electron chi connectivity index (χ4n) is 1.94. The molecule has 1 atom stereocenters. The third-order valence-corrected chi connectivity index (χ3v) is 4.71. The van der Waals surface area contributed by atoms with Gasteiger partial charge in [0.05, 0.1) is 10.0 Å². The van der Waals surface area contributed by atoms with Gasteiger partial charge in [0.1, 0.15) is 10.0 Å². The molecule has 0 amide bonds. The van der Waals surface area contributed by atoms with Gasteiger partial charge in [-0.25, -0.2) is 4.79 Å². The molecule has 0 fully saturated rings. The van der Waals surface area contributed by atoms with Crippen LogP contribution in [0.5, 0.6) is 11.5 Å². The Morgan fingerprint density at radius 2 is 1.38 bits per heavy atom. The first-order valence-corrected chi connectivity index (χ1v) is 7.31. The molecule has 0 spiro atoms. The highest BCUT2D eigenvalue weighted by Gasteiger charge is 2.36. The Morgan fingerprint density at radius 1 is 0.810 bits per heavy atom. The monoisotopic (exact) mass is 362 g/mol. The lowest BCUT2D eigenvalue weighted by Crippen LogP contribution is -2.28. The maximum Gasteiger partial charge on any atom is 0.357 e. The standard InChI is InChI=1S/C14H6Cl4O3/c15-7-8(16)10(18)13-12(9(7)17)20-11(14(19)21-13)6-4-2-1-3-5-6/h1-5,11H. The van der Waals surface area contributed by atoms with Gasteiger partial charge in [-0.15, -0.1) is 0 Å². The molecular weight excluding hydrogens is 358 g/mol. The van der Waals surface area contributed by atoms with Crippen LogP contribution in [-0.2, 0) is 4.79 Å². The molecule has 7 heteroatoms. The van der Waals surface area contributed by atoms with E-state index in [9.17, 15) is 4.79 Å². The van der Waals surface area contributed by atoms with Gasteiger partial charge in [0.25, 0.3) is 0 Å². The van der Waals surface area contributed by atoms with E-state index in [1.165, 1.54) is 0 Å². The number of hydrogen-bond acceptors (Lipinski definition) is 3. The molecule has 0 aliphatic carbocycles. The number of carbonyl (C=O) groups is 1. The van der Waals surface area contributed by atoms with Gasteiger partial charge < -0.3 is 9.47 Å². The zero-order valence-electron chi connectivity index (χ0n) is 10.2. The zero-order chi connectivity index (χ0) is 15.1. The second-order valence-electron chi connectivity index (χ2n) is 4.24. The van der Waals surface area contributed by atoms with E-state index in [1.54, 1.807) is 24.3 Å². The molecule has 1 aliphatic rings. The van der Waals surface area contributed by atoms with E-state index in [2.05, 4.69) is 0 Å².